The molecule has 13 unspecified atom stereocenters. The van der Waals surface area contributed by atoms with Gasteiger partial charge in [-0.05, 0) is 0 Å². The number of aliphatic carboxylic acids is 2. The van der Waals surface area contributed by atoms with Crippen LogP contribution in [-0.2, 0) is 75.9 Å². The summed E-state index contributed by atoms with van der Waals surface area (Å²) in [5.74, 6) is -4.10. The maximum Gasteiger partial charge on any atom is 0.321 e. The molecule has 14 bridgehead atoms. The maximum absolute atomic E-state index is 11.7. The summed E-state index contributed by atoms with van der Waals surface area (Å²) in [6, 6.07) is -2.89. The highest BCUT2D eigenvalue weighted by Crippen LogP contribution is 2.39. The Labute approximate surface area is 500 Å². The molecule has 21 fully saturated rings. The summed E-state index contributed by atoms with van der Waals surface area (Å²) in [6.45, 7) is -4.98. The first-order chi connectivity index (χ1) is 41.2. The fourth-order valence-electron chi connectivity index (χ4n) is 10.8. The van der Waals surface area contributed by atoms with Crippen molar-refractivity contribution >= 4 is 35.5 Å². The number of hydrogen-bond donors (Lipinski definition) is 22. The van der Waals surface area contributed by atoms with Crippen molar-refractivity contribution in [1.29, 1.82) is 0 Å². The summed E-state index contributed by atoms with van der Waals surface area (Å²) < 4.78 is 81.5. The first-order valence-electron chi connectivity index (χ1n) is 27.5. The molecular weight excluding hydrogens is 1230 g/mol. The molecule has 21 rings (SSSR count). The molecule has 40 heteroatoms. The number of carboxylic acid groups (broad SMARTS) is 2. The number of ether oxygens (including phenoxy) is 14. The van der Waals surface area contributed by atoms with E-state index in [1.165, 1.54) is 0 Å². The Morgan fingerprint density at radius 3 is 0.828 bits per heavy atom. The quantitative estimate of drug-likeness (QED) is 0.0768. The highest BCUT2D eigenvalue weighted by atomic mass is 32.2. The van der Waals surface area contributed by atoms with Crippen LogP contribution in [0.1, 0.15) is 0 Å². The van der Waals surface area contributed by atoms with Crippen molar-refractivity contribution in [3.63, 3.8) is 0 Å². The molecule has 0 radical (unpaired) electrons. The second-order valence-corrected chi connectivity index (χ2v) is 24.0. The molecule has 0 saturated carbocycles. The molecule has 504 valence electrons. The molecule has 24 N–H and O–H groups in total. The van der Waals surface area contributed by atoms with Gasteiger partial charge in [0.2, 0.25) is 0 Å². The highest BCUT2D eigenvalue weighted by molar-refractivity contribution is 7.99. The largest absolute Gasteiger partial charge is 0.480 e. The number of rotatable bonds is 14. The maximum atomic E-state index is 11.7. The van der Waals surface area contributed by atoms with E-state index in [4.69, 9.17) is 77.8 Å². The zero-order valence-electron chi connectivity index (χ0n) is 45.6. The summed E-state index contributed by atoms with van der Waals surface area (Å²) in [4.78, 5) is 23.1. The van der Waals surface area contributed by atoms with Crippen LogP contribution in [0.15, 0.2) is 0 Å². The fraction of sp³-hybridized carbons (Fsp3) is 0.957. The standard InChI is InChI=1S/C47H78N2O36S2/c48-10(39(68)69)6-86-8-17-37-24(59)27(62)42(78-17)77-16-5-72-41(26(61)19(16)54)80-33-12(1-50)73-45(28(63)20(33)55)85-38-18(9-87-7-11(49)40(70)71)79-47(32(67)25(38)60)83-36-15(4-53)75-44(30(65)22(36)57)81-34-13(2-51)74-43(29(64)21(34)56)82-35-14(3-52)76-46(84-37)31(66)23(35)58/h10-38,41-47,50-67H,1-9,48-49H2,(H,68,69)(H,70,71)/t10-,11-,12?,13?,14?,15?,16-,17?,18?,19+,20?,21?,22?,23-,24-,25?,26?,27?,28+,29+,30+,31?,32+,33-,34-,35-,36-,37-,38-,41+,42+,43-,44-,45+,46-,47+/m1/s1. The van der Waals surface area contributed by atoms with Crippen LogP contribution in [0.4, 0.5) is 0 Å². The molecule has 38 nitrogen and oxygen atoms in total. The molecule has 0 aromatic carbocycles. The van der Waals surface area contributed by atoms with Crippen LogP contribution in [0.3, 0.4) is 0 Å². The average molecular weight is 1310 g/mol. The third kappa shape index (κ3) is 15.6. The van der Waals surface area contributed by atoms with E-state index in [1.807, 2.05) is 0 Å². The second kappa shape index (κ2) is 31.0. The average Bonchev–Trinajstić information content (AvgIpc) is 1.57. The molecule has 21 heterocycles. The van der Waals surface area contributed by atoms with Gasteiger partial charge in [-0.15, -0.1) is 0 Å². The van der Waals surface area contributed by atoms with Crippen LogP contribution in [0.25, 0.3) is 0 Å². The van der Waals surface area contributed by atoms with E-state index in [1.54, 1.807) is 0 Å². The zero-order valence-corrected chi connectivity index (χ0v) is 47.2. The molecule has 0 aliphatic carbocycles. The summed E-state index contributed by atoms with van der Waals surface area (Å²) in [7, 11) is 0. The van der Waals surface area contributed by atoms with Crippen LogP contribution in [0, 0.1) is 0 Å². The minimum absolute atomic E-state index is 0.284. The third-order valence-corrected chi connectivity index (χ3v) is 18.2. The second-order valence-electron chi connectivity index (χ2n) is 21.8. The van der Waals surface area contributed by atoms with E-state index in [2.05, 4.69) is 0 Å². The summed E-state index contributed by atoms with van der Waals surface area (Å²) in [5.41, 5.74) is 11.4. The van der Waals surface area contributed by atoms with Gasteiger partial charge in [0.1, 0.15) is 165 Å². The number of carboxylic acids is 2. The number of carbonyl (C=O) groups is 2. The number of nitrogens with two attached hydrogens (primary N) is 2. The SMILES string of the molecule is N[C@H](CSCC1O[C@H]2O[C@@H]3C(CO)O[C@H](O[C@@H]4C(CO)O[C@H](O[C@@H]5C(CO)O[C@H](O[C@@H]6C(CSC[C@@H](N)C(=O)O)O[C@H](O[C@@H]7CO[C@@H](O[C@@H]8C(CO)O[C@@H](O[C@H]1C(O)[C@@H]2O)[C@@H](O)C8O)C(O)[C@H]7O)C(O)[C@H]6O)C(O)[C@H]5O)[C@@H](O)C4O)[C@@H](O)C3O)C(=O)O. The minimum Gasteiger partial charge on any atom is -0.480 e. The van der Waals surface area contributed by atoms with Gasteiger partial charge in [-0.3, -0.25) is 9.59 Å². The van der Waals surface area contributed by atoms with Crippen LogP contribution < -0.4 is 11.5 Å². The van der Waals surface area contributed by atoms with Crippen molar-refractivity contribution in [2.75, 3.05) is 56.0 Å². The predicted molar refractivity (Wildman–Crippen MR) is 274 cm³/mol. The lowest BCUT2D eigenvalue weighted by molar-refractivity contribution is -0.395. The van der Waals surface area contributed by atoms with Crippen molar-refractivity contribution < 1.29 is 178 Å². The first-order valence-corrected chi connectivity index (χ1v) is 29.8. The highest BCUT2D eigenvalue weighted by Gasteiger charge is 2.59. The van der Waals surface area contributed by atoms with E-state index in [0.717, 1.165) is 23.5 Å². The van der Waals surface area contributed by atoms with Gasteiger partial charge in [0.25, 0.3) is 0 Å². The van der Waals surface area contributed by atoms with E-state index < -0.39 is 266 Å². The van der Waals surface area contributed by atoms with E-state index in [9.17, 15) is 112 Å². The lowest BCUT2D eigenvalue weighted by atomic mass is 9.95. The van der Waals surface area contributed by atoms with Gasteiger partial charge in [-0.25, -0.2) is 0 Å². The van der Waals surface area contributed by atoms with Gasteiger partial charge in [-0.1, -0.05) is 0 Å². The van der Waals surface area contributed by atoms with Crippen LogP contribution in [0.2, 0.25) is 0 Å². The van der Waals surface area contributed by atoms with Gasteiger partial charge in [0, 0.05) is 23.0 Å². The Morgan fingerprint density at radius 1 is 0.333 bits per heavy atom. The Balaban J connectivity index is 1.09. The van der Waals surface area contributed by atoms with Crippen molar-refractivity contribution in [2.24, 2.45) is 11.5 Å². The topological polar surface area (TPSA) is 620 Å². The van der Waals surface area contributed by atoms with Crippen molar-refractivity contribution in [3.05, 3.63) is 0 Å². The number of thioether (sulfide) groups is 2. The summed E-state index contributed by atoms with van der Waals surface area (Å²) >= 11 is 1.65. The van der Waals surface area contributed by atoms with E-state index in [0.29, 0.717) is 0 Å². The Bertz CT molecular complexity index is 2180. The summed E-state index contributed by atoms with van der Waals surface area (Å²) in [6.07, 6.45) is -67.7. The van der Waals surface area contributed by atoms with E-state index in [-0.39, 0.29) is 23.0 Å². The van der Waals surface area contributed by atoms with Crippen LogP contribution in [0.5, 0.6) is 0 Å². The molecule has 0 amide bonds. The predicted octanol–water partition coefficient (Wildman–Crippen LogP) is -14.3. The number of aliphatic hydroxyl groups excluding tert-OH is 18. The van der Waals surface area contributed by atoms with Crippen LogP contribution >= 0.6 is 23.5 Å². The summed E-state index contributed by atoms with van der Waals surface area (Å²) in [5, 5.41) is 222. The van der Waals surface area contributed by atoms with E-state index >= 15 is 0 Å². The monoisotopic (exact) mass is 1310 g/mol. The smallest absolute Gasteiger partial charge is 0.321 e. The molecular formula is C47H78N2O36S2. The van der Waals surface area contributed by atoms with Gasteiger partial charge in [-0.2, -0.15) is 23.5 Å². The third-order valence-electron chi connectivity index (χ3n) is 15.8. The molecule has 36 atom stereocenters. The molecule has 0 spiro atoms. The van der Waals surface area contributed by atoms with Gasteiger partial charge < -0.3 is 180 Å². The normalized spacial score (nSPS) is 50.2. The van der Waals surface area contributed by atoms with Crippen molar-refractivity contribution in [2.45, 2.75) is 221 Å². The lowest BCUT2D eigenvalue weighted by Gasteiger charge is -2.50. The number of hydrogen-bond acceptors (Lipinski definition) is 38. The minimum atomic E-state index is -2.24. The molecule has 0 aromatic heterocycles. The Kier molecular flexibility index (Phi) is 25.4. The first kappa shape index (κ1) is 71.1. The molecule has 21 aliphatic rings. The van der Waals surface area contributed by atoms with Gasteiger partial charge in [0.05, 0.1) is 45.2 Å². The lowest BCUT2D eigenvalue weighted by Crippen LogP contribution is -2.68. The van der Waals surface area contributed by atoms with Crippen molar-refractivity contribution in [1.82, 2.24) is 0 Å². The zero-order chi connectivity index (χ0) is 63.6. The molecule has 87 heavy (non-hydrogen) atoms. The van der Waals surface area contributed by atoms with Crippen LogP contribution in [-0.4, -0.2) is 391 Å². The van der Waals surface area contributed by atoms with Gasteiger partial charge >= 0.3 is 11.9 Å². The Morgan fingerprint density at radius 2 is 0.563 bits per heavy atom. The molecule has 0 aromatic rings. The molecule has 21 saturated heterocycles. The number of aliphatic hydroxyl groups is 18. The molecule has 21 aliphatic heterocycles. The Hall–Kier alpha value is -1.72. The fourth-order valence-corrected chi connectivity index (χ4v) is 12.9. The van der Waals surface area contributed by atoms with Gasteiger partial charge in [0.15, 0.2) is 44.0 Å². The van der Waals surface area contributed by atoms with Crippen molar-refractivity contribution in [3.8, 4) is 0 Å².